The molecule has 0 spiro atoms. The van der Waals surface area contributed by atoms with Crippen molar-refractivity contribution in [3.8, 4) is 0 Å². The van der Waals surface area contributed by atoms with Crippen molar-refractivity contribution in [2.45, 2.75) is 39.2 Å². The fourth-order valence-electron chi connectivity index (χ4n) is 2.79. The Hall–Kier alpha value is -1.95. The first-order valence-electron chi connectivity index (χ1n) is 7.94. The van der Waals surface area contributed by atoms with E-state index in [0.29, 0.717) is 31.0 Å². The lowest BCUT2D eigenvalue weighted by atomic mass is 10.0. The maximum atomic E-state index is 14.0. The van der Waals surface area contributed by atoms with E-state index in [2.05, 4.69) is 5.32 Å². The van der Waals surface area contributed by atoms with Gasteiger partial charge >= 0.3 is 0 Å². The molecule has 1 aliphatic heterocycles. The maximum absolute atomic E-state index is 14.0. The Morgan fingerprint density at radius 2 is 2.17 bits per heavy atom. The quantitative estimate of drug-likeness (QED) is 0.842. The molecule has 6 heteroatoms. The van der Waals surface area contributed by atoms with Crippen LogP contribution in [0.4, 0.5) is 10.1 Å². The number of carbonyl (C=O) groups is 2. The molecule has 1 aromatic rings. The molecule has 126 valence electrons. The van der Waals surface area contributed by atoms with E-state index in [9.17, 15) is 19.1 Å². The fourth-order valence-corrected chi connectivity index (χ4v) is 2.79. The van der Waals surface area contributed by atoms with Crippen LogP contribution in [0.5, 0.6) is 0 Å². The van der Waals surface area contributed by atoms with Crippen molar-refractivity contribution < 1.29 is 19.1 Å². The highest BCUT2D eigenvalue weighted by Gasteiger charge is 2.24. The third-order valence-corrected chi connectivity index (χ3v) is 3.89. The molecule has 23 heavy (non-hydrogen) atoms. The third-order valence-electron chi connectivity index (χ3n) is 3.89. The Labute approximate surface area is 135 Å². The molecule has 1 fully saturated rings. The van der Waals surface area contributed by atoms with Gasteiger partial charge in [0.25, 0.3) is 5.91 Å². The molecule has 2 rings (SSSR count). The van der Waals surface area contributed by atoms with Gasteiger partial charge in [-0.05, 0) is 37.0 Å². The van der Waals surface area contributed by atoms with E-state index in [1.54, 1.807) is 4.90 Å². The number of hydrogen-bond donors (Lipinski definition) is 2. The molecule has 1 aromatic carbocycles. The van der Waals surface area contributed by atoms with Gasteiger partial charge in [0.1, 0.15) is 5.82 Å². The lowest BCUT2D eigenvalue weighted by Crippen LogP contribution is -2.39. The minimum Gasteiger partial charge on any atom is -0.394 e. The summed E-state index contributed by atoms with van der Waals surface area (Å²) in [6.45, 7) is 4.35. The SMILES string of the molecule is CC(C)CC(CO)NC(=O)c1cc(N2CCCC2=O)ccc1F. The molecule has 0 bridgehead atoms. The number of anilines is 1. The average molecular weight is 322 g/mol. The van der Waals surface area contributed by atoms with Crippen LogP contribution in [-0.4, -0.2) is 36.1 Å². The molecule has 0 aliphatic carbocycles. The Morgan fingerprint density at radius 1 is 1.43 bits per heavy atom. The van der Waals surface area contributed by atoms with Crippen LogP contribution < -0.4 is 10.2 Å². The molecule has 1 atom stereocenters. The van der Waals surface area contributed by atoms with Crippen molar-refractivity contribution in [2.75, 3.05) is 18.1 Å². The van der Waals surface area contributed by atoms with Crippen LogP contribution in [0.3, 0.4) is 0 Å². The standard InChI is InChI=1S/C17H23FN2O3/c1-11(2)8-12(10-21)19-17(23)14-9-13(5-6-15(14)18)20-7-3-4-16(20)22/h5-6,9,11-12,21H,3-4,7-8,10H2,1-2H3,(H,19,23). The van der Waals surface area contributed by atoms with Gasteiger partial charge in [0.15, 0.2) is 0 Å². The van der Waals surface area contributed by atoms with Crippen LogP contribution in [0.2, 0.25) is 0 Å². The molecule has 1 unspecified atom stereocenters. The van der Waals surface area contributed by atoms with Crippen LogP contribution >= 0.6 is 0 Å². The molecular formula is C17H23FN2O3. The second-order valence-corrected chi connectivity index (χ2v) is 6.30. The van der Waals surface area contributed by atoms with Crippen LogP contribution in [-0.2, 0) is 4.79 Å². The number of carbonyl (C=O) groups excluding carboxylic acids is 2. The average Bonchev–Trinajstić information content (AvgIpc) is 2.92. The Kier molecular flexibility index (Phi) is 5.71. The number of aliphatic hydroxyl groups is 1. The van der Waals surface area contributed by atoms with Gasteiger partial charge < -0.3 is 15.3 Å². The van der Waals surface area contributed by atoms with E-state index in [0.717, 1.165) is 6.42 Å². The number of benzene rings is 1. The van der Waals surface area contributed by atoms with Crippen molar-refractivity contribution >= 4 is 17.5 Å². The number of amides is 2. The van der Waals surface area contributed by atoms with Gasteiger partial charge in [-0.15, -0.1) is 0 Å². The molecule has 1 heterocycles. The zero-order valence-electron chi connectivity index (χ0n) is 13.5. The molecule has 0 aromatic heterocycles. The lowest BCUT2D eigenvalue weighted by Gasteiger charge is -2.20. The first-order valence-corrected chi connectivity index (χ1v) is 7.94. The minimum absolute atomic E-state index is 0.0176. The molecule has 2 amide bonds. The Morgan fingerprint density at radius 3 is 2.74 bits per heavy atom. The maximum Gasteiger partial charge on any atom is 0.254 e. The van der Waals surface area contributed by atoms with Gasteiger partial charge in [0.2, 0.25) is 5.91 Å². The van der Waals surface area contributed by atoms with E-state index in [-0.39, 0.29) is 18.1 Å². The summed E-state index contributed by atoms with van der Waals surface area (Å²) in [5.41, 5.74) is 0.424. The number of halogens is 1. The third kappa shape index (κ3) is 4.28. The van der Waals surface area contributed by atoms with E-state index < -0.39 is 17.8 Å². The number of hydrogen-bond acceptors (Lipinski definition) is 3. The molecule has 1 aliphatic rings. The minimum atomic E-state index is -0.640. The predicted molar refractivity (Wildman–Crippen MR) is 85.8 cm³/mol. The summed E-state index contributed by atoms with van der Waals surface area (Å²) in [5.74, 6) is -0.934. The highest BCUT2D eigenvalue weighted by Crippen LogP contribution is 2.24. The Balaban J connectivity index is 2.17. The smallest absolute Gasteiger partial charge is 0.254 e. The summed E-state index contributed by atoms with van der Waals surface area (Å²) in [6.07, 6.45) is 1.84. The topological polar surface area (TPSA) is 69.6 Å². The van der Waals surface area contributed by atoms with Crippen molar-refractivity contribution in [2.24, 2.45) is 5.92 Å². The molecule has 2 N–H and O–H groups in total. The van der Waals surface area contributed by atoms with Crippen LogP contribution in [0.1, 0.15) is 43.5 Å². The summed E-state index contributed by atoms with van der Waals surface area (Å²) in [6, 6.07) is 3.69. The fraction of sp³-hybridized carbons (Fsp3) is 0.529. The second kappa shape index (κ2) is 7.55. The van der Waals surface area contributed by atoms with E-state index in [1.165, 1.54) is 18.2 Å². The zero-order valence-corrected chi connectivity index (χ0v) is 13.5. The summed E-state index contributed by atoms with van der Waals surface area (Å²) in [4.78, 5) is 25.6. The Bertz CT molecular complexity index is 589. The van der Waals surface area contributed by atoms with Crippen LogP contribution in [0.15, 0.2) is 18.2 Å². The van der Waals surface area contributed by atoms with Crippen molar-refractivity contribution in [3.05, 3.63) is 29.6 Å². The largest absolute Gasteiger partial charge is 0.394 e. The van der Waals surface area contributed by atoms with Crippen LogP contribution in [0, 0.1) is 11.7 Å². The van der Waals surface area contributed by atoms with Crippen molar-refractivity contribution in [1.82, 2.24) is 5.32 Å². The molecule has 0 radical (unpaired) electrons. The molecule has 0 saturated carbocycles. The highest BCUT2D eigenvalue weighted by atomic mass is 19.1. The van der Waals surface area contributed by atoms with E-state index in [1.807, 2.05) is 13.8 Å². The van der Waals surface area contributed by atoms with E-state index >= 15 is 0 Å². The van der Waals surface area contributed by atoms with Gasteiger partial charge in [0.05, 0.1) is 18.2 Å². The number of aliphatic hydroxyl groups excluding tert-OH is 1. The predicted octanol–water partition coefficient (Wildman–Crippen LogP) is 2.09. The van der Waals surface area contributed by atoms with Crippen molar-refractivity contribution in [1.29, 1.82) is 0 Å². The highest BCUT2D eigenvalue weighted by molar-refractivity contribution is 5.99. The lowest BCUT2D eigenvalue weighted by molar-refractivity contribution is -0.117. The van der Waals surface area contributed by atoms with Gasteiger partial charge in [-0.3, -0.25) is 9.59 Å². The van der Waals surface area contributed by atoms with Gasteiger partial charge in [-0.25, -0.2) is 4.39 Å². The summed E-state index contributed by atoms with van der Waals surface area (Å²) in [7, 11) is 0. The van der Waals surface area contributed by atoms with Gasteiger partial charge in [-0.1, -0.05) is 13.8 Å². The number of rotatable bonds is 6. The second-order valence-electron chi connectivity index (χ2n) is 6.30. The number of nitrogens with zero attached hydrogens (tertiary/aromatic N) is 1. The summed E-state index contributed by atoms with van der Waals surface area (Å²) in [5, 5.41) is 12.0. The molecular weight excluding hydrogens is 299 g/mol. The van der Waals surface area contributed by atoms with Crippen molar-refractivity contribution in [3.63, 3.8) is 0 Å². The van der Waals surface area contributed by atoms with Gasteiger partial charge in [0, 0.05) is 18.7 Å². The first kappa shape index (κ1) is 17.4. The summed E-state index contributed by atoms with van der Waals surface area (Å²) < 4.78 is 14.0. The van der Waals surface area contributed by atoms with Crippen LogP contribution in [0.25, 0.3) is 0 Å². The summed E-state index contributed by atoms with van der Waals surface area (Å²) >= 11 is 0. The van der Waals surface area contributed by atoms with Gasteiger partial charge in [-0.2, -0.15) is 0 Å². The molecule has 5 nitrogen and oxygen atoms in total. The number of nitrogens with one attached hydrogen (secondary N) is 1. The first-order chi connectivity index (χ1) is 10.9. The normalized spacial score (nSPS) is 16.0. The van der Waals surface area contributed by atoms with E-state index in [4.69, 9.17) is 0 Å². The monoisotopic (exact) mass is 322 g/mol. The zero-order chi connectivity index (χ0) is 17.0. The molecule has 1 saturated heterocycles.